The van der Waals surface area contributed by atoms with Gasteiger partial charge in [0, 0.05) is 17.5 Å². The molecule has 0 saturated heterocycles. The van der Waals surface area contributed by atoms with Crippen molar-refractivity contribution in [1.82, 2.24) is 10.6 Å². The number of rotatable bonds is 6. The number of nitrogens with one attached hydrogen (secondary N) is 2. The molecule has 2 amide bonds. The van der Waals surface area contributed by atoms with E-state index in [0.29, 0.717) is 23.6 Å². The second kappa shape index (κ2) is 8.55. The summed E-state index contributed by atoms with van der Waals surface area (Å²) in [5.74, 6) is 0.677. The maximum Gasteiger partial charge on any atom is 0.251 e. The summed E-state index contributed by atoms with van der Waals surface area (Å²) in [5.41, 5.74) is 1.70. The van der Waals surface area contributed by atoms with E-state index in [4.69, 9.17) is 9.47 Å². The summed E-state index contributed by atoms with van der Waals surface area (Å²) < 4.78 is 10.5. The van der Waals surface area contributed by atoms with Crippen LogP contribution in [-0.2, 0) is 10.2 Å². The lowest BCUT2D eigenvalue weighted by molar-refractivity contribution is -0.120. The molecular formula is C23H26N2O4. The topological polar surface area (TPSA) is 76.7 Å². The van der Waals surface area contributed by atoms with E-state index in [1.807, 2.05) is 6.07 Å². The molecule has 0 aromatic heterocycles. The third-order valence-electron chi connectivity index (χ3n) is 5.87. The zero-order valence-electron chi connectivity index (χ0n) is 16.4. The van der Waals surface area contributed by atoms with Gasteiger partial charge in [-0.15, -0.1) is 0 Å². The van der Waals surface area contributed by atoms with Gasteiger partial charge in [0.25, 0.3) is 5.91 Å². The van der Waals surface area contributed by atoms with E-state index in [0.717, 1.165) is 12.8 Å². The normalized spacial score (nSPS) is 16.8. The Kier molecular flexibility index (Phi) is 5.69. The van der Waals surface area contributed by atoms with Gasteiger partial charge in [-0.25, -0.2) is 0 Å². The molecule has 0 unspecified atom stereocenters. The molecule has 4 rings (SSSR count). The lowest BCUT2D eigenvalue weighted by atomic mass is 9.69. The predicted molar refractivity (Wildman–Crippen MR) is 109 cm³/mol. The summed E-state index contributed by atoms with van der Waals surface area (Å²) in [6.45, 7) is 0.694. The van der Waals surface area contributed by atoms with Crippen LogP contribution in [0.1, 0.15) is 48.0 Å². The lowest BCUT2D eigenvalue weighted by Gasteiger charge is -2.38. The van der Waals surface area contributed by atoms with E-state index >= 15 is 0 Å². The van der Waals surface area contributed by atoms with Crippen molar-refractivity contribution >= 4 is 11.8 Å². The maximum atomic E-state index is 12.4. The van der Waals surface area contributed by atoms with Crippen LogP contribution in [0.4, 0.5) is 0 Å². The number of benzene rings is 2. The van der Waals surface area contributed by atoms with Gasteiger partial charge in [-0.1, -0.05) is 49.6 Å². The second-order valence-electron chi connectivity index (χ2n) is 7.73. The summed E-state index contributed by atoms with van der Waals surface area (Å²) in [7, 11) is 0. The number of ether oxygens (including phenoxy) is 2. The smallest absolute Gasteiger partial charge is 0.251 e. The van der Waals surface area contributed by atoms with Gasteiger partial charge in [0.15, 0.2) is 11.5 Å². The molecule has 2 N–H and O–H groups in total. The molecule has 6 nitrogen and oxygen atoms in total. The van der Waals surface area contributed by atoms with Crippen LogP contribution < -0.4 is 20.1 Å². The van der Waals surface area contributed by atoms with Crippen LogP contribution in [-0.4, -0.2) is 31.7 Å². The molecule has 1 aliphatic heterocycles. The van der Waals surface area contributed by atoms with Crippen molar-refractivity contribution < 1.29 is 19.1 Å². The fourth-order valence-electron chi connectivity index (χ4n) is 4.22. The highest BCUT2D eigenvalue weighted by Gasteiger charge is 2.34. The molecule has 6 heteroatoms. The maximum absolute atomic E-state index is 12.4. The van der Waals surface area contributed by atoms with Crippen molar-refractivity contribution in [3.63, 3.8) is 0 Å². The van der Waals surface area contributed by atoms with Crippen LogP contribution in [0.2, 0.25) is 0 Å². The van der Waals surface area contributed by atoms with Crippen LogP contribution in [0.25, 0.3) is 0 Å². The van der Waals surface area contributed by atoms with E-state index in [1.165, 1.54) is 24.8 Å². The molecular weight excluding hydrogens is 368 g/mol. The number of carbonyl (C=O) groups is 2. The van der Waals surface area contributed by atoms with Gasteiger partial charge >= 0.3 is 0 Å². The molecule has 0 radical (unpaired) electrons. The largest absolute Gasteiger partial charge is 0.454 e. The number of hydrogen-bond donors (Lipinski definition) is 2. The summed E-state index contributed by atoms with van der Waals surface area (Å²) in [5, 5.41) is 5.72. The number of hydrogen-bond acceptors (Lipinski definition) is 4. The molecule has 1 aliphatic carbocycles. The minimum atomic E-state index is -0.311. The Morgan fingerprint density at radius 3 is 2.45 bits per heavy atom. The molecule has 0 bridgehead atoms. The summed E-state index contributed by atoms with van der Waals surface area (Å²) in [6, 6.07) is 15.4. The zero-order valence-corrected chi connectivity index (χ0v) is 16.4. The quantitative estimate of drug-likeness (QED) is 0.789. The van der Waals surface area contributed by atoms with Crippen LogP contribution >= 0.6 is 0 Å². The van der Waals surface area contributed by atoms with Gasteiger partial charge in [0.05, 0.1) is 6.54 Å². The fourth-order valence-corrected chi connectivity index (χ4v) is 4.22. The first kappa shape index (κ1) is 19.3. The first-order valence-electron chi connectivity index (χ1n) is 10.2. The second-order valence-corrected chi connectivity index (χ2v) is 7.73. The minimum Gasteiger partial charge on any atom is -0.454 e. The van der Waals surface area contributed by atoms with Gasteiger partial charge in [0.2, 0.25) is 12.7 Å². The van der Waals surface area contributed by atoms with Gasteiger partial charge in [-0.05, 0) is 36.6 Å². The SMILES string of the molecule is O=C(CNC(=O)c1ccc2c(c1)OCO2)NCC1(c2ccccc2)CCCCC1. The highest BCUT2D eigenvalue weighted by Crippen LogP contribution is 2.39. The predicted octanol–water partition coefficient (Wildman–Crippen LogP) is 3.16. The van der Waals surface area contributed by atoms with Crippen molar-refractivity contribution in [2.75, 3.05) is 19.9 Å². The summed E-state index contributed by atoms with van der Waals surface area (Å²) in [4.78, 5) is 24.8. The van der Waals surface area contributed by atoms with Crippen molar-refractivity contribution in [3.05, 3.63) is 59.7 Å². The standard InChI is InChI=1S/C23H26N2O4/c26-21(14-24-22(27)17-9-10-19-20(13-17)29-16-28-19)25-15-23(11-5-2-6-12-23)18-7-3-1-4-8-18/h1,3-4,7-10,13H,2,5-6,11-12,14-16H2,(H,24,27)(H,25,26). The molecule has 29 heavy (non-hydrogen) atoms. The minimum absolute atomic E-state index is 0.0174. The lowest BCUT2D eigenvalue weighted by Crippen LogP contribution is -2.45. The fraction of sp³-hybridized carbons (Fsp3) is 0.391. The monoisotopic (exact) mass is 394 g/mol. The summed E-state index contributed by atoms with van der Waals surface area (Å²) >= 11 is 0. The average Bonchev–Trinajstić information content (AvgIpc) is 3.25. The number of carbonyl (C=O) groups excluding carboxylic acids is 2. The molecule has 2 aromatic rings. The van der Waals surface area contributed by atoms with Crippen molar-refractivity contribution in [1.29, 1.82) is 0 Å². The van der Waals surface area contributed by atoms with Crippen molar-refractivity contribution in [2.45, 2.75) is 37.5 Å². The molecule has 0 spiro atoms. The first-order valence-corrected chi connectivity index (χ1v) is 10.2. The van der Waals surface area contributed by atoms with E-state index in [2.05, 4.69) is 34.9 Å². The first-order chi connectivity index (χ1) is 14.2. The summed E-state index contributed by atoms with van der Waals surface area (Å²) in [6.07, 6.45) is 5.73. The Morgan fingerprint density at radius 2 is 1.66 bits per heavy atom. The zero-order chi connectivity index (χ0) is 20.1. The molecule has 0 atom stereocenters. The molecule has 1 saturated carbocycles. The molecule has 1 fully saturated rings. The van der Waals surface area contributed by atoms with Gasteiger partial charge < -0.3 is 20.1 Å². The molecule has 1 heterocycles. The Morgan fingerprint density at radius 1 is 0.897 bits per heavy atom. The highest BCUT2D eigenvalue weighted by atomic mass is 16.7. The van der Waals surface area contributed by atoms with E-state index in [1.54, 1.807) is 18.2 Å². The molecule has 152 valence electrons. The van der Waals surface area contributed by atoms with E-state index in [9.17, 15) is 9.59 Å². The van der Waals surface area contributed by atoms with Crippen LogP contribution in [0, 0.1) is 0 Å². The van der Waals surface area contributed by atoms with Gasteiger partial charge in [-0.3, -0.25) is 9.59 Å². The van der Waals surface area contributed by atoms with E-state index < -0.39 is 0 Å². The Bertz CT molecular complexity index is 876. The third kappa shape index (κ3) is 4.36. The Balaban J connectivity index is 1.32. The number of amides is 2. The van der Waals surface area contributed by atoms with Gasteiger partial charge in [0.1, 0.15) is 0 Å². The van der Waals surface area contributed by atoms with Crippen molar-refractivity contribution in [3.8, 4) is 11.5 Å². The molecule has 2 aliphatic rings. The average molecular weight is 394 g/mol. The van der Waals surface area contributed by atoms with Crippen LogP contribution in [0.5, 0.6) is 11.5 Å². The highest BCUT2D eigenvalue weighted by molar-refractivity contribution is 5.97. The van der Waals surface area contributed by atoms with Crippen LogP contribution in [0.3, 0.4) is 0 Å². The third-order valence-corrected chi connectivity index (χ3v) is 5.87. The van der Waals surface area contributed by atoms with Crippen molar-refractivity contribution in [2.24, 2.45) is 0 Å². The molecule has 2 aromatic carbocycles. The Labute approximate surface area is 170 Å². The Hall–Kier alpha value is -3.02. The van der Waals surface area contributed by atoms with Gasteiger partial charge in [-0.2, -0.15) is 0 Å². The van der Waals surface area contributed by atoms with E-state index in [-0.39, 0.29) is 30.6 Å². The number of fused-ring (bicyclic) bond motifs is 1. The van der Waals surface area contributed by atoms with Crippen LogP contribution in [0.15, 0.2) is 48.5 Å².